The Labute approximate surface area is 208 Å². The lowest BCUT2D eigenvalue weighted by molar-refractivity contribution is 1.63. The third kappa shape index (κ3) is 3.10. The lowest BCUT2D eigenvalue weighted by atomic mass is 9.97. The van der Waals surface area contributed by atoms with Crippen molar-refractivity contribution in [1.29, 1.82) is 0 Å². The van der Waals surface area contributed by atoms with E-state index in [1.807, 2.05) is 48.5 Å². The first-order chi connectivity index (χ1) is 17.7. The zero-order valence-corrected chi connectivity index (χ0v) is 19.4. The van der Waals surface area contributed by atoms with E-state index in [1.54, 1.807) is 0 Å². The van der Waals surface area contributed by atoms with Crippen LogP contribution in [-0.2, 0) is 0 Å². The van der Waals surface area contributed by atoms with Gasteiger partial charge in [0.15, 0.2) is 0 Å². The molecule has 0 spiro atoms. The zero-order valence-electron chi connectivity index (χ0n) is 19.4. The van der Waals surface area contributed by atoms with Crippen LogP contribution in [0.25, 0.3) is 43.1 Å². The fourth-order valence-corrected chi connectivity index (χ4v) is 5.21. The van der Waals surface area contributed by atoms with E-state index in [-0.39, 0.29) is 0 Å². The SMILES string of the molecule is Nc1ccc(C#Cc2cc3c4cccc5c(C#Cc6ccc(N)cc6)cc(c6cccc2c63)c54)cc1. The van der Waals surface area contributed by atoms with Crippen LogP contribution < -0.4 is 11.5 Å². The number of nitrogens with two attached hydrogens (primary N) is 2. The molecule has 2 nitrogen and oxygen atoms in total. The van der Waals surface area contributed by atoms with Crippen LogP contribution in [0.2, 0.25) is 0 Å². The molecular formula is C34H20N2. The molecule has 0 aliphatic heterocycles. The normalized spacial score (nSPS) is 11.1. The molecule has 7 rings (SSSR count). The molecule has 0 fully saturated rings. The third-order valence-corrected chi connectivity index (χ3v) is 6.91. The third-order valence-electron chi connectivity index (χ3n) is 6.91. The van der Waals surface area contributed by atoms with Gasteiger partial charge >= 0.3 is 0 Å². The van der Waals surface area contributed by atoms with Gasteiger partial charge in [-0.25, -0.2) is 0 Å². The van der Waals surface area contributed by atoms with Crippen molar-refractivity contribution in [2.24, 2.45) is 0 Å². The molecule has 0 saturated heterocycles. The van der Waals surface area contributed by atoms with Crippen molar-refractivity contribution in [3.8, 4) is 23.7 Å². The summed E-state index contributed by atoms with van der Waals surface area (Å²) in [5.74, 6) is 13.5. The molecule has 2 heteroatoms. The minimum atomic E-state index is 0.743. The summed E-state index contributed by atoms with van der Waals surface area (Å²) in [4.78, 5) is 0. The number of hydrogen-bond donors (Lipinski definition) is 2. The van der Waals surface area contributed by atoms with E-state index >= 15 is 0 Å². The van der Waals surface area contributed by atoms with Crippen molar-refractivity contribution in [2.45, 2.75) is 0 Å². The maximum atomic E-state index is 5.82. The maximum absolute atomic E-state index is 5.82. The first-order valence-corrected chi connectivity index (χ1v) is 11.9. The van der Waals surface area contributed by atoms with Crippen LogP contribution in [0.15, 0.2) is 97.1 Å². The van der Waals surface area contributed by atoms with Crippen LogP contribution in [0.3, 0.4) is 0 Å². The number of benzene rings is 5. The molecule has 0 unspecified atom stereocenters. The Morgan fingerprint density at radius 3 is 1.19 bits per heavy atom. The van der Waals surface area contributed by atoms with E-state index in [4.69, 9.17) is 11.5 Å². The minimum absolute atomic E-state index is 0.743. The predicted octanol–water partition coefficient (Wildman–Crippen LogP) is 7.14. The lowest BCUT2D eigenvalue weighted by Crippen LogP contribution is -1.83. The summed E-state index contributed by atoms with van der Waals surface area (Å²) in [5.41, 5.74) is 17.1. The molecular weight excluding hydrogens is 436 g/mol. The van der Waals surface area contributed by atoms with Gasteiger partial charge in [-0.05, 0) is 104 Å². The quantitative estimate of drug-likeness (QED) is 0.145. The van der Waals surface area contributed by atoms with Crippen molar-refractivity contribution in [2.75, 3.05) is 11.5 Å². The molecule has 0 bridgehead atoms. The van der Waals surface area contributed by atoms with Crippen molar-refractivity contribution >= 4 is 54.5 Å². The molecule has 0 amide bonds. The highest BCUT2D eigenvalue weighted by molar-refractivity contribution is 6.35. The standard InChI is InChI=1S/C34H20N2/c35-25-15-9-21(10-16-25)7-13-23-19-32-30-6-2-4-28-24(14-8-22-11-17-26(36)18-12-22)20-31(34(28)30)29-5-1-3-27(23)33(29)32/h1-6,9-12,15-20H,35-36H2. The van der Waals surface area contributed by atoms with Crippen LogP contribution in [0.5, 0.6) is 0 Å². The van der Waals surface area contributed by atoms with Crippen LogP contribution in [0.1, 0.15) is 22.3 Å². The van der Waals surface area contributed by atoms with E-state index in [0.717, 1.165) is 33.6 Å². The average Bonchev–Trinajstić information content (AvgIpc) is 3.47. The van der Waals surface area contributed by atoms with Crippen LogP contribution in [0, 0.1) is 23.7 Å². The number of rotatable bonds is 0. The highest BCUT2D eigenvalue weighted by Gasteiger charge is 2.18. The van der Waals surface area contributed by atoms with Gasteiger partial charge in [-0.15, -0.1) is 0 Å². The first kappa shape index (κ1) is 20.2. The van der Waals surface area contributed by atoms with Gasteiger partial charge in [-0.2, -0.15) is 0 Å². The summed E-state index contributed by atoms with van der Waals surface area (Å²) < 4.78 is 0. The van der Waals surface area contributed by atoms with E-state index in [0.29, 0.717) is 0 Å². The van der Waals surface area contributed by atoms with Gasteiger partial charge in [0, 0.05) is 33.6 Å². The van der Waals surface area contributed by atoms with Crippen LogP contribution >= 0.6 is 0 Å². The second-order valence-electron chi connectivity index (χ2n) is 9.14. The highest BCUT2D eigenvalue weighted by atomic mass is 14.5. The fourth-order valence-electron chi connectivity index (χ4n) is 5.21. The monoisotopic (exact) mass is 456 g/mol. The Morgan fingerprint density at radius 2 is 0.778 bits per heavy atom. The van der Waals surface area contributed by atoms with Crippen molar-refractivity contribution in [1.82, 2.24) is 0 Å². The van der Waals surface area contributed by atoms with Gasteiger partial charge in [0.2, 0.25) is 0 Å². The Balaban J connectivity index is 1.45. The number of anilines is 2. The van der Waals surface area contributed by atoms with Crippen molar-refractivity contribution < 1.29 is 0 Å². The second kappa shape index (κ2) is 7.67. The minimum Gasteiger partial charge on any atom is -0.399 e. The molecule has 7 aromatic rings. The molecule has 4 N–H and O–H groups in total. The Bertz CT molecular complexity index is 1890. The van der Waals surface area contributed by atoms with Gasteiger partial charge in [0.05, 0.1) is 0 Å². The average molecular weight is 457 g/mol. The summed E-state index contributed by atoms with van der Waals surface area (Å²) in [5, 5.41) is 9.87. The van der Waals surface area contributed by atoms with E-state index in [2.05, 4.69) is 72.2 Å². The fraction of sp³-hybridized carbons (Fsp3) is 0. The topological polar surface area (TPSA) is 52.0 Å². The van der Waals surface area contributed by atoms with Crippen molar-refractivity contribution in [3.63, 3.8) is 0 Å². The van der Waals surface area contributed by atoms with Gasteiger partial charge in [0.1, 0.15) is 0 Å². The number of hydrogen-bond acceptors (Lipinski definition) is 2. The molecule has 166 valence electrons. The number of nitrogen functional groups attached to an aromatic ring is 2. The largest absolute Gasteiger partial charge is 0.399 e. The van der Waals surface area contributed by atoms with Gasteiger partial charge in [-0.3, -0.25) is 0 Å². The van der Waals surface area contributed by atoms with Gasteiger partial charge < -0.3 is 11.5 Å². The summed E-state index contributed by atoms with van der Waals surface area (Å²) in [6, 6.07) is 32.9. The van der Waals surface area contributed by atoms with Crippen LogP contribution in [-0.4, -0.2) is 0 Å². The molecule has 7 aromatic carbocycles. The highest BCUT2D eigenvalue weighted by Crippen LogP contribution is 2.44. The molecule has 0 radical (unpaired) electrons. The molecule has 0 atom stereocenters. The zero-order chi connectivity index (χ0) is 24.2. The summed E-state index contributed by atoms with van der Waals surface area (Å²) in [6.45, 7) is 0. The molecule has 0 saturated carbocycles. The summed E-state index contributed by atoms with van der Waals surface area (Å²) >= 11 is 0. The van der Waals surface area contributed by atoms with E-state index in [1.165, 1.54) is 43.1 Å². The molecule has 36 heavy (non-hydrogen) atoms. The second-order valence-corrected chi connectivity index (χ2v) is 9.14. The van der Waals surface area contributed by atoms with E-state index in [9.17, 15) is 0 Å². The smallest absolute Gasteiger partial charge is 0.0334 e. The van der Waals surface area contributed by atoms with Gasteiger partial charge in [0.25, 0.3) is 0 Å². The molecule has 0 heterocycles. The summed E-state index contributed by atoms with van der Waals surface area (Å²) in [7, 11) is 0. The first-order valence-electron chi connectivity index (χ1n) is 11.9. The van der Waals surface area contributed by atoms with E-state index < -0.39 is 0 Å². The van der Waals surface area contributed by atoms with Crippen LogP contribution in [0.4, 0.5) is 11.4 Å². The summed E-state index contributed by atoms with van der Waals surface area (Å²) in [6.07, 6.45) is 0. The van der Waals surface area contributed by atoms with Gasteiger partial charge in [-0.1, -0.05) is 60.1 Å². The van der Waals surface area contributed by atoms with Crippen molar-refractivity contribution in [3.05, 3.63) is 119 Å². The Morgan fingerprint density at radius 1 is 0.389 bits per heavy atom. The molecule has 0 aromatic heterocycles. The number of fused-ring (bicyclic) bond motifs is 2. The maximum Gasteiger partial charge on any atom is 0.0334 e. The molecule has 0 aliphatic rings. The predicted molar refractivity (Wildman–Crippen MR) is 153 cm³/mol. The molecule has 0 aliphatic carbocycles. The Hall–Kier alpha value is -5.18. The lowest BCUT2D eigenvalue weighted by Gasteiger charge is -2.06. The Kier molecular flexibility index (Phi) is 4.31.